The van der Waals surface area contributed by atoms with Crippen LogP contribution in [0.5, 0.6) is 0 Å². The number of alkyl halides is 1. The maximum Gasteiger partial charge on any atom is 0.130 e. The molecule has 0 bridgehead atoms. The van der Waals surface area contributed by atoms with Crippen molar-refractivity contribution in [3.8, 4) is 0 Å². The van der Waals surface area contributed by atoms with Gasteiger partial charge in [0.05, 0.1) is 0 Å². The number of hydrogen-bond acceptors (Lipinski definition) is 0. The van der Waals surface area contributed by atoms with E-state index in [1.54, 1.807) is 13.8 Å². The Morgan fingerprint density at radius 1 is 1.31 bits per heavy atom. The molecule has 0 unspecified atom stereocenters. The Bertz CT molecular complexity index is 294. The molecule has 0 aliphatic rings. The zero-order valence-corrected chi connectivity index (χ0v) is 8.82. The van der Waals surface area contributed by atoms with E-state index < -0.39 is 5.67 Å². The molecule has 0 fully saturated rings. The number of halogens is 1. The quantitative estimate of drug-likeness (QED) is 0.650. The van der Waals surface area contributed by atoms with Gasteiger partial charge in [-0.05, 0) is 43.9 Å². The topological polar surface area (TPSA) is 0 Å². The lowest BCUT2D eigenvalue weighted by Crippen LogP contribution is -2.11. The number of aryl methyl sites for hydroxylation is 2. The molecule has 1 aromatic carbocycles. The first-order valence-corrected chi connectivity index (χ1v) is 4.74. The lowest BCUT2D eigenvalue weighted by Gasteiger charge is -2.18. The van der Waals surface area contributed by atoms with Crippen molar-refractivity contribution in [2.75, 3.05) is 0 Å². The van der Waals surface area contributed by atoms with Crippen LogP contribution in [0.2, 0.25) is 0 Å². The van der Waals surface area contributed by atoms with Gasteiger partial charge in [0.15, 0.2) is 0 Å². The molecule has 13 heavy (non-hydrogen) atoms. The summed E-state index contributed by atoms with van der Waals surface area (Å²) in [6.07, 6.45) is 0.962. The van der Waals surface area contributed by atoms with Crippen molar-refractivity contribution < 1.29 is 4.39 Å². The Morgan fingerprint density at radius 2 is 1.92 bits per heavy atom. The van der Waals surface area contributed by atoms with Crippen LogP contribution in [0.3, 0.4) is 0 Å². The van der Waals surface area contributed by atoms with Crippen LogP contribution < -0.4 is 0 Å². The molecule has 1 heteroatoms. The fourth-order valence-electron chi connectivity index (χ4n) is 1.53. The van der Waals surface area contributed by atoms with Crippen molar-refractivity contribution in [3.05, 3.63) is 34.9 Å². The maximum atomic E-state index is 13.7. The highest BCUT2D eigenvalue weighted by molar-refractivity contribution is 5.34. The predicted octanol–water partition coefficient (Wildman–Crippen LogP) is 3.76. The van der Waals surface area contributed by atoms with E-state index in [-0.39, 0.29) is 0 Å². The van der Waals surface area contributed by atoms with E-state index in [1.165, 1.54) is 5.56 Å². The highest BCUT2D eigenvalue weighted by Crippen LogP contribution is 2.28. The van der Waals surface area contributed by atoms with Gasteiger partial charge in [-0.15, -0.1) is 0 Å². The van der Waals surface area contributed by atoms with Crippen molar-refractivity contribution in [1.82, 2.24) is 0 Å². The average Bonchev–Trinajstić information content (AvgIpc) is 2.03. The molecular formula is C12H17F. The normalized spacial score (nSPS) is 11.8. The third-order valence-corrected chi connectivity index (χ3v) is 2.35. The van der Waals surface area contributed by atoms with Crippen LogP contribution in [0, 0.1) is 6.92 Å². The van der Waals surface area contributed by atoms with Gasteiger partial charge >= 0.3 is 0 Å². The summed E-state index contributed by atoms with van der Waals surface area (Å²) in [7, 11) is 0. The minimum Gasteiger partial charge on any atom is -0.239 e. The molecule has 1 aromatic rings. The van der Waals surface area contributed by atoms with Crippen LogP contribution in [0.15, 0.2) is 18.2 Å². The van der Waals surface area contributed by atoms with Gasteiger partial charge in [-0.25, -0.2) is 4.39 Å². The van der Waals surface area contributed by atoms with Gasteiger partial charge in [-0.2, -0.15) is 0 Å². The summed E-state index contributed by atoms with van der Waals surface area (Å²) >= 11 is 0. The molecule has 0 heterocycles. The van der Waals surface area contributed by atoms with Gasteiger partial charge in [-0.3, -0.25) is 0 Å². The fraction of sp³-hybridized carbons (Fsp3) is 0.500. The maximum absolute atomic E-state index is 13.7. The zero-order valence-electron chi connectivity index (χ0n) is 8.82. The molecule has 0 radical (unpaired) electrons. The van der Waals surface area contributed by atoms with E-state index in [2.05, 4.69) is 13.0 Å². The monoisotopic (exact) mass is 180 g/mol. The summed E-state index contributed by atoms with van der Waals surface area (Å²) in [5.74, 6) is 0. The largest absolute Gasteiger partial charge is 0.239 e. The number of rotatable bonds is 2. The van der Waals surface area contributed by atoms with Crippen molar-refractivity contribution in [2.45, 2.75) is 39.8 Å². The Morgan fingerprint density at radius 3 is 2.38 bits per heavy atom. The van der Waals surface area contributed by atoms with E-state index in [0.29, 0.717) is 0 Å². The molecule has 0 aromatic heterocycles. The zero-order chi connectivity index (χ0) is 10.1. The third-order valence-electron chi connectivity index (χ3n) is 2.35. The van der Waals surface area contributed by atoms with E-state index in [4.69, 9.17) is 0 Å². The van der Waals surface area contributed by atoms with Crippen LogP contribution in [0.4, 0.5) is 4.39 Å². The highest BCUT2D eigenvalue weighted by Gasteiger charge is 2.20. The molecule has 0 N–H and O–H groups in total. The lowest BCUT2D eigenvalue weighted by atomic mass is 9.93. The lowest BCUT2D eigenvalue weighted by molar-refractivity contribution is 0.220. The smallest absolute Gasteiger partial charge is 0.130 e. The Labute approximate surface area is 79.8 Å². The SMILES string of the molecule is CCc1ccc(C)c(C(C)(C)F)c1. The van der Waals surface area contributed by atoms with E-state index in [9.17, 15) is 4.39 Å². The summed E-state index contributed by atoms with van der Waals surface area (Å²) in [6, 6.07) is 6.02. The second kappa shape index (κ2) is 3.49. The van der Waals surface area contributed by atoms with Crippen molar-refractivity contribution in [1.29, 1.82) is 0 Å². The molecule has 0 aliphatic carbocycles. The van der Waals surface area contributed by atoms with Crippen molar-refractivity contribution in [2.24, 2.45) is 0 Å². The minimum absolute atomic E-state index is 0.812. The molecule has 0 saturated carbocycles. The summed E-state index contributed by atoms with van der Waals surface area (Å²) in [4.78, 5) is 0. The number of benzene rings is 1. The second-order valence-electron chi connectivity index (χ2n) is 3.98. The molecule has 72 valence electrons. The Balaban J connectivity index is 3.19. The van der Waals surface area contributed by atoms with Gasteiger partial charge in [0.1, 0.15) is 5.67 Å². The molecule has 0 saturated heterocycles. The first-order valence-electron chi connectivity index (χ1n) is 4.74. The van der Waals surface area contributed by atoms with Crippen molar-refractivity contribution >= 4 is 0 Å². The summed E-state index contributed by atoms with van der Waals surface area (Å²) in [5, 5.41) is 0. The molecule has 0 nitrogen and oxygen atoms in total. The van der Waals surface area contributed by atoms with Crippen LogP contribution in [0.25, 0.3) is 0 Å². The van der Waals surface area contributed by atoms with E-state index in [1.807, 2.05) is 19.1 Å². The summed E-state index contributed by atoms with van der Waals surface area (Å²) < 4.78 is 13.7. The van der Waals surface area contributed by atoms with E-state index >= 15 is 0 Å². The van der Waals surface area contributed by atoms with Crippen LogP contribution >= 0.6 is 0 Å². The molecule has 0 spiro atoms. The molecular weight excluding hydrogens is 163 g/mol. The molecule has 1 rings (SSSR count). The molecule has 0 aliphatic heterocycles. The fourth-order valence-corrected chi connectivity index (χ4v) is 1.53. The van der Waals surface area contributed by atoms with Crippen molar-refractivity contribution in [3.63, 3.8) is 0 Å². The number of hydrogen-bond donors (Lipinski definition) is 0. The van der Waals surface area contributed by atoms with Gasteiger partial charge in [0.25, 0.3) is 0 Å². The highest BCUT2D eigenvalue weighted by atomic mass is 19.1. The van der Waals surface area contributed by atoms with Gasteiger partial charge in [0.2, 0.25) is 0 Å². The van der Waals surface area contributed by atoms with Crippen LogP contribution in [-0.2, 0) is 12.1 Å². The first kappa shape index (κ1) is 10.2. The standard InChI is InChI=1S/C12H17F/c1-5-10-7-6-9(2)11(8-10)12(3,4)13/h6-8H,5H2,1-4H3. The minimum atomic E-state index is -1.23. The Hall–Kier alpha value is -0.850. The average molecular weight is 180 g/mol. The molecule has 0 atom stereocenters. The first-order chi connectivity index (χ1) is 5.95. The van der Waals surface area contributed by atoms with Gasteiger partial charge in [0, 0.05) is 0 Å². The summed E-state index contributed by atoms with van der Waals surface area (Å²) in [5.41, 5.74) is 1.82. The Kier molecular flexibility index (Phi) is 2.74. The third kappa shape index (κ3) is 2.30. The van der Waals surface area contributed by atoms with Gasteiger partial charge < -0.3 is 0 Å². The predicted molar refractivity (Wildman–Crippen MR) is 54.7 cm³/mol. The van der Waals surface area contributed by atoms with E-state index in [0.717, 1.165) is 17.5 Å². The van der Waals surface area contributed by atoms with Crippen LogP contribution in [0.1, 0.15) is 37.5 Å². The molecule has 0 amide bonds. The van der Waals surface area contributed by atoms with Crippen LogP contribution in [-0.4, -0.2) is 0 Å². The summed E-state index contributed by atoms with van der Waals surface area (Å²) in [6.45, 7) is 7.25. The van der Waals surface area contributed by atoms with Gasteiger partial charge in [-0.1, -0.05) is 25.1 Å². The second-order valence-corrected chi connectivity index (χ2v) is 3.98.